The molecule has 0 aliphatic carbocycles. The number of carbonyl (C=O) groups excluding carboxylic acids is 2. The highest BCUT2D eigenvalue weighted by atomic mass is 19.3. The van der Waals surface area contributed by atoms with Crippen molar-refractivity contribution in [3.63, 3.8) is 0 Å². The number of amides is 2. The summed E-state index contributed by atoms with van der Waals surface area (Å²) in [6.07, 6.45) is 0. The highest BCUT2D eigenvalue weighted by Gasteiger charge is 2.22. The number of rotatable bonds is 5. The van der Waals surface area contributed by atoms with Gasteiger partial charge in [-0.25, -0.2) is 0 Å². The summed E-state index contributed by atoms with van der Waals surface area (Å²) in [6, 6.07) is 7.31. The van der Waals surface area contributed by atoms with E-state index >= 15 is 0 Å². The molecule has 0 aromatic heterocycles. The maximum atomic E-state index is 12.5. The topological polar surface area (TPSA) is 111 Å². The molecule has 10 heteroatoms. The van der Waals surface area contributed by atoms with Crippen molar-refractivity contribution in [2.75, 3.05) is 5.32 Å². The van der Waals surface area contributed by atoms with E-state index in [9.17, 15) is 28.5 Å². The molecule has 1 heterocycles. The van der Waals surface area contributed by atoms with Gasteiger partial charge in [-0.2, -0.15) is 8.78 Å². The van der Waals surface area contributed by atoms with E-state index in [1.807, 2.05) is 0 Å². The summed E-state index contributed by atoms with van der Waals surface area (Å²) in [5, 5.41) is 15.9. The molecular weight excluding hydrogens is 352 g/mol. The highest BCUT2D eigenvalue weighted by molar-refractivity contribution is 6.07. The average Bonchev–Trinajstić information content (AvgIpc) is 2.95. The third kappa shape index (κ3) is 3.43. The van der Waals surface area contributed by atoms with Gasteiger partial charge in [0.15, 0.2) is 0 Å². The minimum absolute atomic E-state index is 0.236. The predicted molar refractivity (Wildman–Crippen MR) is 85.3 cm³/mol. The molecule has 0 fully saturated rings. The molecule has 0 unspecified atom stereocenters. The number of nitrogens with zero attached hydrogens (tertiary/aromatic N) is 1. The average molecular weight is 363 g/mol. The van der Waals surface area contributed by atoms with Crippen LogP contribution in [-0.2, 0) is 6.54 Å². The molecular formula is C16H11F2N3O5. The predicted octanol–water partition coefficient (Wildman–Crippen LogP) is 2.69. The molecule has 2 aromatic carbocycles. The van der Waals surface area contributed by atoms with Gasteiger partial charge in [0.1, 0.15) is 5.75 Å². The molecule has 1 aliphatic rings. The van der Waals surface area contributed by atoms with Crippen molar-refractivity contribution in [3.05, 3.63) is 63.2 Å². The van der Waals surface area contributed by atoms with Crippen LogP contribution in [0.5, 0.6) is 5.75 Å². The zero-order valence-electron chi connectivity index (χ0n) is 13.0. The molecule has 0 atom stereocenters. The lowest BCUT2D eigenvalue weighted by Gasteiger charge is -2.11. The second-order valence-electron chi connectivity index (χ2n) is 5.32. The number of ether oxygens (including phenoxy) is 1. The first-order valence-corrected chi connectivity index (χ1v) is 7.31. The number of non-ortho nitro benzene ring substituents is 1. The van der Waals surface area contributed by atoms with E-state index in [1.165, 1.54) is 12.1 Å². The van der Waals surface area contributed by atoms with Crippen molar-refractivity contribution in [1.82, 2.24) is 5.32 Å². The quantitative estimate of drug-likeness (QED) is 0.627. The van der Waals surface area contributed by atoms with Crippen molar-refractivity contribution in [2.45, 2.75) is 13.2 Å². The standard InChI is InChI=1S/C16H11F2N3O5/c17-16(18)26-13-4-3-10(21(24)25)6-12(13)15(23)20-9-2-1-8-7-19-14(22)11(8)5-9/h1-6,16H,7H2,(H,19,22)(H,20,23). The maximum absolute atomic E-state index is 12.5. The van der Waals surface area contributed by atoms with E-state index in [1.54, 1.807) is 6.07 Å². The van der Waals surface area contributed by atoms with Crippen LogP contribution in [0.3, 0.4) is 0 Å². The van der Waals surface area contributed by atoms with Crippen LogP contribution in [0.25, 0.3) is 0 Å². The SMILES string of the molecule is O=C1NCc2ccc(NC(=O)c3cc([N+](=O)[O-])ccc3OC(F)F)cc21. The van der Waals surface area contributed by atoms with Crippen molar-refractivity contribution >= 4 is 23.2 Å². The van der Waals surface area contributed by atoms with Crippen LogP contribution in [0.2, 0.25) is 0 Å². The normalized spacial score (nSPS) is 12.5. The van der Waals surface area contributed by atoms with Gasteiger partial charge in [0.05, 0.1) is 10.5 Å². The van der Waals surface area contributed by atoms with Crippen LogP contribution in [0.15, 0.2) is 36.4 Å². The number of benzene rings is 2. The maximum Gasteiger partial charge on any atom is 0.387 e. The lowest BCUT2D eigenvalue weighted by Crippen LogP contribution is -2.16. The van der Waals surface area contributed by atoms with Gasteiger partial charge >= 0.3 is 6.61 Å². The third-order valence-electron chi connectivity index (χ3n) is 3.69. The Morgan fingerprint density at radius 2 is 2.04 bits per heavy atom. The van der Waals surface area contributed by atoms with Gasteiger partial charge in [-0.1, -0.05) is 6.07 Å². The van der Waals surface area contributed by atoms with Crippen LogP contribution < -0.4 is 15.4 Å². The first-order valence-electron chi connectivity index (χ1n) is 7.31. The Labute approximate surface area is 144 Å². The van der Waals surface area contributed by atoms with Crippen molar-refractivity contribution in [2.24, 2.45) is 0 Å². The Bertz CT molecular complexity index is 917. The van der Waals surface area contributed by atoms with Gasteiger partial charge in [-0.15, -0.1) is 0 Å². The molecule has 2 N–H and O–H groups in total. The lowest BCUT2D eigenvalue weighted by molar-refractivity contribution is -0.384. The van der Waals surface area contributed by atoms with Crippen LogP contribution >= 0.6 is 0 Å². The Morgan fingerprint density at radius 1 is 1.27 bits per heavy atom. The number of nitrogens with one attached hydrogen (secondary N) is 2. The number of alkyl halides is 2. The zero-order valence-corrected chi connectivity index (χ0v) is 13.0. The molecule has 0 saturated carbocycles. The van der Waals surface area contributed by atoms with Gasteiger partial charge in [-0.3, -0.25) is 19.7 Å². The molecule has 8 nitrogen and oxygen atoms in total. The summed E-state index contributed by atoms with van der Waals surface area (Å²) < 4.78 is 29.3. The summed E-state index contributed by atoms with van der Waals surface area (Å²) in [5.74, 6) is -1.68. The fourth-order valence-electron chi connectivity index (χ4n) is 2.50. The van der Waals surface area contributed by atoms with Crippen LogP contribution in [0, 0.1) is 10.1 Å². The van der Waals surface area contributed by atoms with Crippen molar-refractivity contribution in [1.29, 1.82) is 0 Å². The first-order chi connectivity index (χ1) is 12.3. The Kier molecular flexibility index (Phi) is 4.48. The summed E-state index contributed by atoms with van der Waals surface area (Å²) in [4.78, 5) is 34.2. The minimum Gasteiger partial charge on any atom is -0.434 e. The molecule has 0 bridgehead atoms. The van der Waals surface area contributed by atoms with Gasteiger partial charge in [0.2, 0.25) is 0 Å². The number of nitro groups is 1. The number of hydrogen-bond acceptors (Lipinski definition) is 5. The van der Waals surface area contributed by atoms with Crippen LogP contribution in [-0.4, -0.2) is 23.3 Å². The second kappa shape index (κ2) is 6.75. The molecule has 3 rings (SSSR count). The Balaban J connectivity index is 1.91. The lowest BCUT2D eigenvalue weighted by atomic mass is 10.1. The van der Waals surface area contributed by atoms with Crippen molar-refractivity contribution in [3.8, 4) is 5.75 Å². The number of halogens is 2. The Hall–Kier alpha value is -3.56. The number of fused-ring (bicyclic) bond motifs is 1. The number of carbonyl (C=O) groups is 2. The van der Waals surface area contributed by atoms with Crippen LogP contribution in [0.4, 0.5) is 20.2 Å². The summed E-state index contributed by atoms with van der Waals surface area (Å²) >= 11 is 0. The largest absolute Gasteiger partial charge is 0.434 e. The van der Waals surface area contributed by atoms with E-state index in [4.69, 9.17) is 0 Å². The van der Waals surface area contributed by atoms with Gasteiger partial charge in [-0.05, 0) is 23.8 Å². The first kappa shape index (κ1) is 17.3. The smallest absolute Gasteiger partial charge is 0.387 e. The molecule has 1 aliphatic heterocycles. The summed E-state index contributed by atoms with van der Waals surface area (Å²) in [7, 11) is 0. The van der Waals surface area contributed by atoms with E-state index in [0.29, 0.717) is 12.1 Å². The van der Waals surface area contributed by atoms with E-state index in [0.717, 1.165) is 23.8 Å². The summed E-state index contributed by atoms with van der Waals surface area (Å²) in [6.45, 7) is -2.83. The molecule has 2 amide bonds. The van der Waals surface area contributed by atoms with Gasteiger partial charge < -0.3 is 15.4 Å². The van der Waals surface area contributed by atoms with Crippen molar-refractivity contribution < 1.29 is 28.0 Å². The molecule has 0 spiro atoms. The molecule has 2 aromatic rings. The molecule has 26 heavy (non-hydrogen) atoms. The summed E-state index contributed by atoms with van der Waals surface area (Å²) in [5.41, 5.74) is 0.491. The Morgan fingerprint density at radius 3 is 2.73 bits per heavy atom. The second-order valence-corrected chi connectivity index (χ2v) is 5.32. The number of anilines is 1. The molecule has 0 radical (unpaired) electrons. The van der Waals surface area contributed by atoms with Crippen LogP contribution in [0.1, 0.15) is 26.3 Å². The van der Waals surface area contributed by atoms with E-state index in [2.05, 4.69) is 15.4 Å². The van der Waals surface area contributed by atoms with E-state index in [-0.39, 0.29) is 11.6 Å². The fourth-order valence-corrected chi connectivity index (χ4v) is 2.50. The number of nitro benzene ring substituents is 1. The monoisotopic (exact) mass is 363 g/mol. The fraction of sp³-hybridized carbons (Fsp3) is 0.125. The minimum atomic E-state index is -3.20. The highest BCUT2D eigenvalue weighted by Crippen LogP contribution is 2.27. The number of hydrogen-bond donors (Lipinski definition) is 2. The molecule has 0 saturated heterocycles. The van der Waals surface area contributed by atoms with Gasteiger partial charge in [0.25, 0.3) is 17.5 Å². The zero-order chi connectivity index (χ0) is 18.8. The molecule has 134 valence electrons. The third-order valence-corrected chi connectivity index (χ3v) is 3.69. The van der Waals surface area contributed by atoms with E-state index < -0.39 is 34.4 Å². The van der Waals surface area contributed by atoms with Gasteiger partial charge in [0, 0.05) is 29.9 Å².